The van der Waals surface area contributed by atoms with Crippen molar-refractivity contribution in [2.75, 3.05) is 7.11 Å². The zero-order valence-corrected chi connectivity index (χ0v) is 10.5. The van der Waals surface area contributed by atoms with Crippen LogP contribution in [-0.4, -0.2) is 13.1 Å². The molecule has 1 rings (SSSR count). The number of ether oxygens (including phenoxy) is 1. The van der Waals surface area contributed by atoms with Crippen molar-refractivity contribution in [2.24, 2.45) is 0 Å². The lowest BCUT2D eigenvalue weighted by Crippen LogP contribution is -2.05. The largest absolute Gasteiger partial charge is 0.465 e. The van der Waals surface area contributed by atoms with Crippen LogP contribution >= 0.6 is 31.9 Å². The second-order valence-electron chi connectivity index (χ2n) is 2.55. The third kappa shape index (κ3) is 2.33. The quantitative estimate of drug-likeness (QED) is 0.616. The van der Waals surface area contributed by atoms with Gasteiger partial charge in [-0.15, -0.1) is 0 Å². The number of rotatable bonds is 2. The first-order chi connectivity index (χ1) is 6.60. The number of carbonyl (C=O) groups is 1. The number of methoxy groups -OCH3 is 1. The molecule has 0 bridgehead atoms. The standard InChI is InChI=1S/C9H7Br2FO2/c1-14-9(13)6-3-7(11)8(12)2-5(6)4-10/h2-3H,4H2,1H3. The van der Waals surface area contributed by atoms with E-state index in [2.05, 4.69) is 36.6 Å². The second kappa shape index (κ2) is 4.89. The minimum absolute atomic E-state index is 0.252. The van der Waals surface area contributed by atoms with E-state index < -0.39 is 11.8 Å². The molecule has 5 heteroatoms. The third-order valence-corrected chi connectivity index (χ3v) is 2.91. The lowest BCUT2D eigenvalue weighted by atomic mass is 10.1. The molecule has 0 heterocycles. The topological polar surface area (TPSA) is 26.3 Å². The van der Waals surface area contributed by atoms with Gasteiger partial charge in [0.15, 0.2) is 0 Å². The normalized spacial score (nSPS) is 10.0. The molecule has 0 saturated carbocycles. The van der Waals surface area contributed by atoms with Gasteiger partial charge in [-0.3, -0.25) is 0 Å². The smallest absolute Gasteiger partial charge is 0.338 e. The molecule has 0 unspecified atom stereocenters. The molecule has 0 aliphatic rings. The Kier molecular flexibility index (Phi) is 4.07. The molecule has 0 N–H and O–H groups in total. The van der Waals surface area contributed by atoms with Crippen molar-refractivity contribution in [3.05, 3.63) is 33.5 Å². The van der Waals surface area contributed by atoms with Crippen LogP contribution in [0, 0.1) is 5.82 Å². The molecule has 0 radical (unpaired) electrons. The fourth-order valence-corrected chi connectivity index (χ4v) is 1.81. The van der Waals surface area contributed by atoms with E-state index in [1.165, 1.54) is 19.2 Å². The van der Waals surface area contributed by atoms with Gasteiger partial charge in [0.2, 0.25) is 0 Å². The maximum Gasteiger partial charge on any atom is 0.338 e. The number of carbonyl (C=O) groups excluding carboxylic acids is 1. The van der Waals surface area contributed by atoms with Crippen LogP contribution < -0.4 is 0 Å². The predicted octanol–water partition coefficient (Wildman–Crippen LogP) is 3.27. The molecule has 0 spiro atoms. The highest BCUT2D eigenvalue weighted by molar-refractivity contribution is 9.10. The van der Waals surface area contributed by atoms with Crippen LogP contribution in [-0.2, 0) is 10.1 Å². The van der Waals surface area contributed by atoms with Crippen LogP contribution in [0.1, 0.15) is 15.9 Å². The Labute approximate surface area is 97.7 Å². The van der Waals surface area contributed by atoms with E-state index in [0.29, 0.717) is 16.5 Å². The number of alkyl halides is 1. The summed E-state index contributed by atoms with van der Waals surface area (Å²) in [6.07, 6.45) is 0. The molecular weight excluding hydrogens is 319 g/mol. The summed E-state index contributed by atoms with van der Waals surface area (Å²) >= 11 is 6.18. The zero-order valence-electron chi connectivity index (χ0n) is 7.31. The van der Waals surface area contributed by atoms with Crippen LogP contribution in [0.4, 0.5) is 4.39 Å². The van der Waals surface area contributed by atoms with Crippen molar-refractivity contribution < 1.29 is 13.9 Å². The van der Waals surface area contributed by atoms with Gasteiger partial charge in [-0.25, -0.2) is 9.18 Å². The molecule has 1 aromatic rings. The Morgan fingerprint density at radius 2 is 2.21 bits per heavy atom. The second-order valence-corrected chi connectivity index (χ2v) is 3.96. The van der Waals surface area contributed by atoms with Crippen LogP contribution in [0.3, 0.4) is 0 Å². The molecule has 0 saturated heterocycles. The highest BCUT2D eigenvalue weighted by Crippen LogP contribution is 2.23. The lowest BCUT2D eigenvalue weighted by Gasteiger charge is -2.06. The van der Waals surface area contributed by atoms with E-state index in [1.807, 2.05) is 0 Å². The summed E-state index contributed by atoms with van der Waals surface area (Å²) in [4.78, 5) is 11.3. The summed E-state index contributed by atoms with van der Waals surface area (Å²) in [7, 11) is 1.29. The van der Waals surface area contributed by atoms with Gasteiger partial charge in [0, 0.05) is 5.33 Å². The van der Waals surface area contributed by atoms with Crippen LogP contribution in [0.5, 0.6) is 0 Å². The number of hydrogen-bond acceptors (Lipinski definition) is 2. The molecular formula is C9H7Br2FO2. The van der Waals surface area contributed by atoms with Crippen molar-refractivity contribution in [2.45, 2.75) is 5.33 Å². The SMILES string of the molecule is COC(=O)c1cc(Br)c(F)cc1CBr. The Morgan fingerprint density at radius 3 is 2.71 bits per heavy atom. The first kappa shape index (κ1) is 11.7. The van der Waals surface area contributed by atoms with Crippen LogP contribution in [0.15, 0.2) is 16.6 Å². The van der Waals surface area contributed by atoms with Gasteiger partial charge in [-0.2, -0.15) is 0 Å². The molecule has 0 atom stereocenters. The van der Waals surface area contributed by atoms with Crippen molar-refractivity contribution >= 4 is 37.8 Å². The van der Waals surface area contributed by atoms with Crippen LogP contribution in [0.2, 0.25) is 0 Å². The molecule has 2 nitrogen and oxygen atoms in total. The molecule has 14 heavy (non-hydrogen) atoms. The van der Waals surface area contributed by atoms with E-state index in [-0.39, 0.29) is 4.47 Å². The maximum atomic E-state index is 13.1. The summed E-state index contributed by atoms with van der Waals surface area (Å²) in [5.74, 6) is -0.868. The Bertz CT molecular complexity index is 366. The molecule has 1 aromatic carbocycles. The fraction of sp³-hybridized carbons (Fsp3) is 0.222. The molecule has 0 fully saturated rings. The van der Waals surface area contributed by atoms with Crippen molar-refractivity contribution in [1.29, 1.82) is 0 Å². The predicted molar refractivity (Wildman–Crippen MR) is 58.1 cm³/mol. The van der Waals surface area contributed by atoms with Gasteiger partial charge in [0.1, 0.15) is 5.82 Å². The highest BCUT2D eigenvalue weighted by Gasteiger charge is 2.14. The van der Waals surface area contributed by atoms with Crippen molar-refractivity contribution in [3.8, 4) is 0 Å². The van der Waals surface area contributed by atoms with E-state index in [4.69, 9.17) is 0 Å². The molecule has 76 valence electrons. The minimum atomic E-state index is -0.472. The Morgan fingerprint density at radius 1 is 1.57 bits per heavy atom. The molecule has 0 aliphatic heterocycles. The fourth-order valence-electron chi connectivity index (χ4n) is 0.999. The van der Waals surface area contributed by atoms with Gasteiger partial charge in [0.05, 0.1) is 17.1 Å². The number of esters is 1. The lowest BCUT2D eigenvalue weighted by molar-refractivity contribution is 0.0599. The summed E-state index contributed by atoms with van der Waals surface area (Å²) in [5, 5.41) is 0.404. The zero-order chi connectivity index (χ0) is 10.7. The van der Waals surface area contributed by atoms with Gasteiger partial charge >= 0.3 is 5.97 Å². The van der Waals surface area contributed by atoms with E-state index in [0.717, 1.165) is 0 Å². The summed E-state index contributed by atoms with van der Waals surface area (Å²) in [6, 6.07) is 2.71. The monoisotopic (exact) mass is 324 g/mol. The Hall–Kier alpha value is -0.420. The van der Waals surface area contributed by atoms with Crippen LogP contribution in [0.25, 0.3) is 0 Å². The van der Waals surface area contributed by atoms with Gasteiger partial charge < -0.3 is 4.74 Å². The van der Waals surface area contributed by atoms with Gasteiger partial charge in [0.25, 0.3) is 0 Å². The first-order valence-corrected chi connectivity index (χ1v) is 5.63. The van der Waals surface area contributed by atoms with Crippen molar-refractivity contribution in [3.63, 3.8) is 0 Å². The highest BCUT2D eigenvalue weighted by atomic mass is 79.9. The maximum absolute atomic E-state index is 13.1. The van der Waals surface area contributed by atoms with Crippen molar-refractivity contribution in [1.82, 2.24) is 0 Å². The first-order valence-electron chi connectivity index (χ1n) is 3.72. The average molecular weight is 326 g/mol. The van der Waals surface area contributed by atoms with Gasteiger partial charge in [-0.05, 0) is 33.6 Å². The molecule has 0 aromatic heterocycles. The number of halogens is 3. The minimum Gasteiger partial charge on any atom is -0.465 e. The molecule has 0 amide bonds. The summed E-state index contributed by atoms with van der Waals surface area (Å²) < 4.78 is 17.9. The third-order valence-electron chi connectivity index (χ3n) is 1.70. The summed E-state index contributed by atoms with van der Waals surface area (Å²) in [5.41, 5.74) is 0.926. The van der Waals surface area contributed by atoms with E-state index in [1.54, 1.807) is 0 Å². The molecule has 0 aliphatic carbocycles. The number of benzene rings is 1. The summed E-state index contributed by atoms with van der Waals surface area (Å²) in [6.45, 7) is 0. The number of hydrogen-bond donors (Lipinski definition) is 0. The Balaban J connectivity index is 3.27. The average Bonchev–Trinajstić information content (AvgIpc) is 2.20. The van der Waals surface area contributed by atoms with E-state index >= 15 is 0 Å². The van der Waals surface area contributed by atoms with E-state index in [9.17, 15) is 9.18 Å². The van der Waals surface area contributed by atoms with Gasteiger partial charge in [-0.1, -0.05) is 15.9 Å².